The molecule has 1 aromatic heterocycles. The van der Waals surface area contributed by atoms with Crippen molar-refractivity contribution < 1.29 is 9.18 Å². The fraction of sp³-hybridized carbons (Fsp3) is 0.500. The first-order valence-corrected chi connectivity index (χ1v) is 11.2. The molecule has 3 aliphatic rings. The molecular formula is C24H30FN5O. The van der Waals surface area contributed by atoms with Gasteiger partial charge in [-0.05, 0) is 76.0 Å². The van der Waals surface area contributed by atoms with Crippen LogP contribution in [0.2, 0.25) is 0 Å². The first-order chi connectivity index (χ1) is 14.9. The first-order valence-electron chi connectivity index (χ1n) is 11.2. The molecule has 0 radical (unpaired) electrons. The maximum absolute atomic E-state index is 14.0. The van der Waals surface area contributed by atoms with Crippen molar-refractivity contribution in [3.63, 3.8) is 0 Å². The number of amides is 2. The molecule has 1 aromatic carbocycles. The number of hydrogen-bond acceptors (Lipinski definition) is 4. The van der Waals surface area contributed by atoms with Crippen LogP contribution in [0.15, 0.2) is 42.6 Å². The van der Waals surface area contributed by atoms with Crippen LogP contribution < -0.4 is 15.1 Å². The number of nitrogens with zero attached hydrogens (tertiary/aromatic N) is 4. The van der Waals surface area contributed by atoms with Crippen molar-refractivity contribution in [3.05, 3.63) is 54.0 Å². The summed E-state index contributed by atoms with van der Waals surface area (Å²) in [6.07, 6.45) is 6.45. The van der Waals surface area contributed by atoms with E-state index < -0.39 is 0 Å². The summed E-state index contributed by atoms with van der Waals surface area (Å²) in [5, 5.41) is 3.27. The van der Waals surface area contributed by atoms with Crippen LogP contribution in [0.5, 0.6) is 0 Å². The molecule has 6 nitrogen and oxygen atoms in total. The van der Waals surface area contributed by atoms with Crippen molar-refractivity contribution in [3.8, 4) is 0 Å². The summed E-state index contributed by atoms with van der Waals surface area (Å²) in [7, 11) is 4.13. The lowest BCUT2D eigenvalue weighted by Gasteiger charge is -2.48. The molecule has 1 aliphatic carbocycles. The van der Waals surface area contributed by atoms with E-state index in [4.69, 9.17) is 0 Å². The van der Waals surface area contributed by atoms with Gasteiger partial charge in [-0.2, -0.15) is 0 Å². The van der Waals surface area contributed by atoms with Gasteiger partial charge in [0.2, 0.25) is 0 Å². The van der Waals surface area contributed by atoms with E-state index in [9.17, 15) is 9.18 Å². The van der Waals surface area contributed by atoms with Gasteiger partial charge in [0.25, 0.3) is 0 Å². The second-order valence-corrected chi connectivity index (χ2v) is 9.45. The van der Waals surface area contributed by atoms with Gasteiger partial charge in [0.1, 0.15) is 11.6 Å². The van der Waals surface area contributed by atoms with Gasteiger partial charge < -0.3 is 10.2 Å². The van der Waals surface area contributed by atoms with Crippen molar-refractivity contribution in [2.24, 2.45) is 0 Å². The minimum atomic E-state index is -0.250. The van der Waals surface area contributed by atoms with Crippen LogP contribution in [-0.4, -0.2) is 55.2 Å². The monoisotopic (exact) mass is 423 g/mol. The summed E-state index contributed by atoms with van der Waals surface area (Å²) in [4.78, 5) is 23.7. The Balaban J connectivity index is 1.32. The highest BCUT2D eigenvalue weighted by atomic mass is 19.1. The lowest BCUT2D eigenvalue weighted by molar-refractivity contribution is 0.0655. The highest BCUT2D eigenvalue weighted by Crippen LogP contribution is 2.46. The van der Waals surface area contributed by atoms with Gasteiger partial charge in [0, 0.05) is 18.6 Å². The summed E-state index contributed by atoms with van der Waals surface area (Å²) < 4.78 is 14.0. The molecular weight excluding hydrogens is 393 g/mol. The predicted molar refractivity (Wildman–Crippen MR) is 120 cm³/mol. The Hall–Kier alpha value is -2.67. The van der Waals surface area contributed by atoms with Crippen molar-refractivity contribution in [2.75, 3.05) is 43.5 Å². The highest BCUT2D eigenvalue weighted by molar-refractivity contribution is 5.95. The SMILES string of the molecule is CN(C)[C@]1(c2cccc(F)c2)CC[C@]2(CC1)CN(c1ccc(N3CCC3)nc1)C(=O)N2. The molecule has 3 heterocycles. The summed E-state index contributed by atoms with van der Waals surface area (Å²) in [5.74, 6) is 0.779. The fourth-order valence-corrected chi connectivity index (χ4v) is 5.38. The average molecular weight is 424 g/mol. The molecule has 2 saturated heterocycles. The van der Waals surface area contributed by atoms with E-state index in [0.29, 0.717) is 6.54 Å². The molecule has 5 rings (SSSR count). The Morgan fingerprint density at radius 3 is 2.45 bits per heavy atom. The predicted octanol–water partition coefficient (Wildman–Crippen LogP) is 3.73. The maximum atomic E-state index is 14.0. The number of benzene rings is 1. The van der Waals surface area contributed by atoms with Gasteiger partial charge >= 0.3 is 6.03 Å². The van der Waals surface area contributed by atoms with Gasteiger partial charge in [-0.1, -0.05) is 12.1 Å². The quantitative estimate of drug-likeness (QED) is 0.814. The fourth-order valence-electron chi connectivity index (χ4n) is 5.38. The molecule has 3 fully saturated rings. The zero-order valence-electron chi connectivity index (χ0n) is 18.3. The number of halogens is 1. The highest BCUT2D eigenvalue weighted by Gasteiger charge is 2.50. The maximum Gasteiger partial charge on any atom is 0.322 e. The first kappa shape index (κ1) is 20.2. The Morgan fingerprint density at radius 1 is 1.10 bits per heavy atom. The standard InChI is InChI=1S/C24H30FN5O/c1-28(2)24(18-5-3-6-19(25)15-18)11-9-23(10-12-24)17-30(22(31)27-23)20-7-8-21(26-16-20)29-13-4-14-29/h3,5-8,15-16H,4,9-14,17H2,1-2H3,(H,27,31)/t23-,24+. The van der Waals surface area contributed by atoms with Crippen LogP contribution in [0.3, 0.4) is 0 Å². The molecule has 31 heavy (non-hydrogen) atoms. The molecule has 0 atom stereocenters. The Bertz CT molecular complexity index is 964. The zero-order valence-corrected chi connectivity index (χ0v) is 18.3. The van der Waals surface area contributed by atoms with E-state index in [0.717, 1.165) is 55.8 Å². The molecule has 1 saturated carbocycles. The van der Waals surface area contributed by atoms with Crippen LogP contribution in [0.4, 0.5) is 20.7 Å². The number of urea groups is 1. The minimum absolute atomic E-state index is 0.0541. The minimum Gasteiger partial charge on any atom is -0.356 e. The van der Waals surface area contributed by atoms with Crippen LogP contribution in [0, 0.1) is 5.82 Å². The largest absolute Gasteiger partial charge is 0.356 e. The molecule has 0 unspecified atom stereocenters. The van der Waals surface area contributed by atoms with Crippen molar-refractivity contribution >= 4 is 17.5 Å². The molecule has 1 N–H and O–H groups in total. The van der Waals surface area contributed by atoms with Gasteiger partial charge in [-0.15, -0.1) is 0 Å². The number of carbonyl (C=O) groups excluding carboxylic acids is 1. The summed E-state index contributed by atoms with van der Waals surface area (Å²) >= 11 is 0. The smallest absolute Gasteiger partial charge is 0.322 e. The van der Waals surface area contributed by atoms with E-state index >= 15 is 0 Å². The van der Waals surface area contributed by atoms with Crippen LogP contribution in [-0.2, 0) is 5.54 Å². The molecule has 0 bridgehead atoms. The number of pyridine rings is 1. The van der Waals surface area contributed by atoms with Gasteiger partial charge in [0.05, 0.1) is 24.0 Å². The topological polar surface area (TPSA) is 51.7 Å². The number of carbonyl (C=O) groups is 1. The van der Waals surface area contributed by atoms with E-state index in [1.807, 2.05) is 29.3 Å². The molecule has 7 heteroatoms. The van der Waals surface area contributed by atoms with Crippen molar-refractivity contribution in [1.82, 2.24) is 15.2 Å². The Kier molecular flexibility index (Phi) is 4.88. The van der Waals surface area contributed by atoms with Crippen LogP contribution in [0.25, 0.3) is 0 Å². The molecule has 2 aromatic rings. The van der Waals surface area contributed by atoms with Gasteiger partial charge in [-0.3, -0.25) is 9.80 Å². The van der Waals surface area contributed by atoms with Gasteiger partial charge in [0.15, 0.2) is 0 Å². The van der Waals surface area contributed by atoms with E-state index in [-0.39, 0.29) is 22.9 Å². The number of rotatable bonds is 4. The van der Waals surface area contributed by atoms with E-state index in [1.54, 1.807) is 12.1 Å². The third-order valence-corrected chi connectivity index (χ3v) is 7.55. The lowest BCUT2D eigenvalue weighted by Crippen LogP contribution is -2.54. The van der Waals surface area contributed by atoms with Gasteiger partial charge in [-0.25, -0.2) is 14.2 Å². The van der Waals surface area contributed by atoms with E-state index in [2.05, 4.69) is 34.2 Å². The zero-order chi connectivity index (χ0) is 21.6. The van der Waals surface area contributed by atoms with Crippen LogP contribution >= 0.6 is 0 Å². The lowest BCUT2D eigenvalue weighted by atomic mass is 9.69. The summed E-state index contributed by atoms with van der Waals surface area (Å²) in [6, 6.07) is 10.9. The molecule has 164 valence electrons. The Labute approximate surface area is 183 Å². The van der Waals surface area contributed by atoms with E-state index in [1.165, 1.54) is 12.5 Å². The number of anilines is 2. The number of aromatic nitrogens is 1. The third kappa shape index (κ3) is 3.45. The number of nitrogens with one attached hydrogen (secondary N) is 1. The second-order valence-electron chi connectivity index (χ2n) is 9.45. The summed E-state index contributed by atoms with van der Waals surface area (Å²) in [5.41, 5.74) is 1.39. The molecule has 1 spiro atoms. The van der Waals surface area contributed by atoms with Crippen molar-refractivity contribution in [1.29, 1.82) is 0 Å². The average Bonchev–Trinajstić information content (AvgIpc) is 3.04. The van der Waals surface area contributed by atoms with Crippen LogP contribution in [0.1, 0.15) is 37.7 Å². The summed E-state index contributed by atoms with van der Waals surface area (Å²) in [6.45, 7) is 2.75. The number of hydrogen-bond donors (Lipinski definition) is 1. The molecule has 2 aliphatic heterocycles. The normalized spacial score (nSPS) is 28.2. The molecule has 2 amide bonds. The Morgan fingerprint density at radius 2 is 1.87 bits per heavy atom. The second kappa shape index (κ2) is 7.48. The van der Waals surface area contributed by atoms with Crippen molar-refractivity contribution in [2.45, 2.75) is 43.2 Å². The third-order valence-electron chi connectivity index (χ3n) is 7.55.